The highest BCUT2D eigenvalue weighted by molar-refractivity contribution is 5.98. The van der Waals surface area contributed by atoms with Crippen molar-refractivity contribution >= 4 is 23.7 Å². The summed E-state index contributed by atoms with van der Waals surface area (Å²) < 4.78 is 12.8. The SMILES string of the molecule is C=CCCC(=O)N[C@@H](C)[C@H](OC(=O)[C@@H]1[C@H]2C(=O)N(CCO)[C@H](C(=O)N(CC=C)C3CCCCC3)[C@]23CC[C@H]1O3)c1ccccc1. The number of aliphatic hydroxyl groups excluding tert-OH is 1. The van der Waals surface area contributed by atoms with Crippen molar-refractivity contribution in [2.75, 3.05) is 19.7 Å². The first-order valence-electron chi connectivity index (χ1n) is 16.4. The molecule has 10 nitrogen and oxygen atoms in total. The second-order valence-corrected chi connectivity index (χ2v) is 12.8. The van der Waals surface area contributed by atoms with Crippen LogP contribution in [0.3, 0.4) is 0 Å². The molecule has 7 atom stereocenters. The fraction of sp³-hybridized carbons (Fsp3) is 0.600. The number of allylic oxidation sites excluding steroid dienone is 1. The van der Waals surface area contributed by atoms with Crippen molar-refractivity contribution in [3.63, 3.8) is 0 Å². The molecule has 0 aromatic heterocycles. The van der Waals surface area contributed by atoms with Gasteiger partial charge in [-0.2, -0.15) is 0 Å². The molecule has 0 radical (unpaired) electrons. The number of hydrogen-bond acceptors (Lipinski definition) is 7. The van der Waals surface area contributed by atoms with Crippen LogP contribution in [0.15, 0.2) is 55.6 Å². The Morgan fingerprint density at radius 2 is 1.89 bits per heavy atom. The van der Waals surface area contributed by atoms with Crippen molar-refractivity contribution < 1.29 is 33.8 Å². The predicted molar refractivity (Wildman–Crippen MR) is 167 cm³/mol. The highest BCUT2D eigenvalue weighted by Gasteiger charge is 2.75. The number of nitrogens with zero attached hydrogens (tertiary/aromatic N) is 2. The van der Waals surface area contributed by atoms with Crippen molar-refractivity contribution in [3.8, 4) is 0 Å². The third-order valence-corrected chi connectivity index (χ3v) is 10.1. The lowest BCUT2D eigenvalue weighted by Crippen LogP contribution is -2.58. The number of amides is 3. The zero-order valence-corrected chi connectivity index (χ0v) is 26.3. The van der Waals surface area contributed by atoms with Crippen LogP contribution in [0.4, 0.5) is 0 Å². The van der Waals surface area contributed by atoms with Gasteiger partial charge in [-0.15, -0.1) is 13.2 Å². The average Bonchev–Trinajstić information content (AvgIpc) is 3.69. The minimum atomic E-state index is -1.18. The minimum absolute atomic E-state index is 0.0315. The molecule has 0 unspecified atom stereocenters. The van der Waals surface area contributed by atoms with Gasteiger partial charge in [0.1, 0.15) is 17.7 Å². The molecule has 1 spiro atoms. The molecular formula is C35H47N3O7. The molecule has 3 heterocycles. The number of rotatable bonds is 14. The maximum atomic E-state index is 14.5. The smallest absolute Gasteiger partial charge is 0.313 e. The van der Waals surface area contributed by atoms with E-state index in [1.54, 1.807) is 19.1 Å². The van der Waals surface area contributed by atoms with Crippen LogP contribution in [0.5, 0.6) is 0 Å². The number of carbonyl (C=O) groups is 4. The summed E-state index contributed by atoms with van der Waals surface area (Å²) >= 11 is 0. The number of hydrogen-bond donors (Lipinski definition) is 2. The molecule has 3 saturated heterocycles. The van der Waals surface area contributed by atoms with E-state index in [-0.39, 0.29) is 43.3 Å². The number of β-amino-alcohol motifs (C(OH)–C–C–N with tert-alkyl or cyclic N) is 1. The van der Waals surface area contributed by atoms with Crippen LogP contribution < -0.4 is 5.32 Å². The summed E-state index contributed by atoms with van der Waals surface area (Å²) in [6.07, 6.45) is 8.73. The number of benzene rings is 1. The van der Waals surface area contributed by atoms with Crippen LogP contribution in [0.25, 0.3) is 0 Å². The van der Waals surface area contributed by atoms with Gasteiger partial charge in [0, 0.05) is 25.6 Å². The number of esters is 1. The quantitative estimate of drug-likeness (QED) is 0.241. The van der Waals surface area contributed by atoms with Crippen LogP contribution in [-0.2, 0) is 28.7 Å². The molecule has 45 heavy (non-hydrogen) atoms. The van der Waals surface area contributed by atoms with E-state index in [0.717, 1.165) is 32.1 Å². The molecule has 4 fully saturated rings. The normalized spacial score (nSPS) is 28.7. The maximum absolute atomic E-state index is 14.5. The fourth-order valence-electron chi connectivity index (χ4n) is 8.10. The van der Waals surface area contributed by atoms with Gasteiger partial charge < -0.3 is 29.7 Å². The Morgan fingerprint density at radius 1 is 1.16 bits per heavy atom. The average molecular weight is 622 g/mol. The van der Waals surface area contributed by atoms with E-state index >= 15 is 0 Å². The van der Waals surface area contributed by atoms with Gasteiger partial charge in [0.15, 0.2) is 0 Å². The monoisotopic (exact) mass is 621 g/mol. The van der Waals surface area contributed by atoms with Gasteiger partial charge in [0.2, 0.25) is 17.7 Å². The molecule has 3 aliphatic heterocycles. The van der Waals surface area contributed by atoms with Crippen LogP contribution >= 0.6 is 0 Å². The number of ether oxygens (including phenoxy) is 2. The Morgan fingerprint density at radius 3 is 2.56 bits per heavy atom. The van der Waals surface area contributed by atoms with Gasteiger partial charge in [-0.1, -0.05) is 61.7 Å². The topological polar surface area (TPSA) is 125 Å². The van der Waals surface area contributed by atoms with E-state index in [9.17, 15) is 24.3 Å². The molecule has 2 N–H and O–H groups in total. The lowest BCUT2D eigenvalue weighted by Gasteiger charge is -2.40. The molecule has 1 aliphatic carbocycles. The molecule has 1 aromatic rings. The second-order valence-electron chi connectivity index (χ2n) is 12.8. The van der Waals surface area contributed by atoms with Gasteiger partial charge >= 0.3 is 5.97 Å². The van der Waals surface area contributed by atoms with E-state index in [4.69, 9.17) is 9.47 Å². The number of nitrogens with one attached hydrogen (secondary N) is 1. The zero-order valence-electron chi connectivity index (χ0n) is 26.3. The Balaban J connectivity index is 1.43. The third kappa shape index (κ3) is 6.31. The maximum Gasteiger partial charge on any atom is 0.313 e. The van der Waals surface area contributed by atoms with E-state index in [0.29, 0.717) is 31.4 Å². The van der Waals surface area contributed by atoms with Gasteiger partial charge in [0.05, 0.1) is 30.6 Å². The second kappa shape index (κ2) is 14.3. The van der Waals surface area contributed by atoms with Gasteiger partial charge in [-0.3, -0.25) is 19.2 Å². The van der Waals surface area contributed by atoms with E-state index in [1.165, 1.54) is 4.90 Å². The van der Waals surface area contributed by atoms with Gasteiger partial charge in [-0.05, 0) is 44.6 Å². The molecule has 244 valence electrons. The molecule has 2 bridgehead atoms. The van der Waals surface area contributed by atoms with E-state index in [1.807, 2.05) is 35.2 Å². The fourth-order valence-corrected chi connectivity index (χ4v) is 8.10. The molecule has 5 rings (SSSR count). The van der Waals surface area contributed by atoms with Crippen LogP contribution in [0, 0.1) is 11.8 Å². The highest BCUT2D eigenvalue weighted by Crippen LogP contribution is 2.59. The highest BCUT2D eigenvalue weighted by atomic mass is 16.6. The van der Waals surface area contributed by atoms with Gasteiger partial charge in [-0.25, -0.2) is 0 Å². The Kier molecular flexibility index (Phi) is 10.4. The molecular weight excluding hydrogens is 574 g/mol. The van der Waals surface area contributed by atoms with Crippen molar-refractivity contribution in [2.24, 2.45) is 11.8 Å². The summed E-state index contributed by atoms with van der Waals surface area (Å²) in [6.45, 7) is 9.34. The summed E-state index contributed by atoms with van der Waals surface area (Å²) in [6, 6.07) is 7.74. The Labute approximate surface area is 265 Å². The molecule has 1 aromatic carbocycles. The van der Waals surface area contributed by atoms with Crippen molar-refractivity contribution in [3.05, 3.63) is 61.2 Å². The van der Waals surface area contributed by atoms with E-state index < -0.39 is 47.7 Å². The van der Waals surface area contributed by atoms with Crippen molar-refractivity contribution in [1.29, 1.82) is 0 Å². The lowest BCUT2D eigenvalue weighted by atomic mass is 9.70. The molecule has 10 heteroatoms. The van der Waals surface area contributed by atoms with Crippen LogP contribution in [0.1, 0.15) is 76.4 Å². The summed E-state index contributed by atoms with van der Waals surface area (Å²) in [5.74, 6) is -3.17. The molecule has 3 amide bonds. The predicted octanol–water partition coefficient (Wildman–Crippen LogP) is 3.46. The standard InChI is InChI=1S/C35H47N3O7/c1-4-6-17-27(40)36-23(3)30(24-13-9-7-10-14-24)44-34(43)28-26-18-19-35(45-26)29(28)32(41)38(21-22-39)31(35)33(42)37(20-5-2)25-15-11-8-12-16-25/h4-5,7,9-10,13-14,23,25-26,28-31,39H,1-2,6,8,11-12,15-22H2,3H3,(H,36,40)/t23-,26+,28-,29-,30-,31+,35-/m0/s1. The minimum Gasteiger partial charge on any atom is -0.455 e. The van der Waals surface area contributed by atoms with Crippen molar-refractivity contribution in [2.45, 2.75) is 101 Å². The molecule has 4 aliphatic rings. The molecule has 1 saturated carbocycles. The van der Waals surface area contributed by atoms with Crippen LogP contribution in [-0.4, -0.2) is 88.1 Å². The number of likely N-dealkylation sites (tertiary alicyclic amines) is 1. The first-order chi connectivity index (χ1) is 21.8. The Bertz CT molecular complexity index is 1260. The largest absolute Gasteiger partial charge is 0.455 e. The summed E-state index contributed by atoms with van der Waals surface area (Å²) in [5, 5.41) is 12.9. The Hall–Kier alpha value is -3.50. The first-order valence-corrected chi connectivity index (χ1v) is 16.4. The number of fused-ring (bicyclic) bond motifs is 1. The summed E-state index contributed by atoms with van der Waals surface area (Å²) in [4.78, 5) is 58.6. The number of carbonyl (C=O) groups excluding carboxylic acids is 4. The van der Waals surface area contributed by atoms with Gasteiger partial charge in [0.25, 0.3) is 0 Å². The lowest BCUT2D eigenvalue weighted by molar-refractivity contribution is -0.162. The summed E-state index contributed by atoms with van der Waals surface area (Å²) in [5.41, 5.74) is -0.472. The third-order valence-electron chi connectivity index (χ3n) is 10.1. The first kappa shape index (κ1) is 32.9. The number of aliphatic hydroxyl groups is 1. The van der Waals surface area contributed by atoms with Crippen LogP contribution in [0.2, 0.25) is 0 Å². The summed E-state index contributed by atoms with van der Waals surface area (Å²) in [7, 11) is 0. The van der Waals surface area contributed by atoms with Crippen molar-refractivity contribution in [1.82, 2.24) is 15.1 Å². The zero-order chi connectivity index (χ0) is 32.1. The van der Waals surface area contributed by atoms with E-state index in [2.05, 4.69) is 18.5 Å².